The lowest BCUT2D eigenvalue weighted by molar-refractivity contribution is 0.388. The van der Waals surface area contributed by atoms with Gasteiger partial charge in [-0.05, 0) is 36.8 Å². The van der Waals surface area contributed by atoms with E-state index in [0.717, 1.165) is 18.9 Å². The van der Waals surface area contributed by atoms with Crippen LogP contribution in [0.3, 0.4) is 0 Å². The van der Waals surface area contributed by atoms with E-state index >= 15 is 0 Å². The van der Waals surface area contributed by atoms with Crippen LogP contribution in [0.5, 0.6) is 0 Å². The summed E-state index contributed by atoms with van der Waals surface area (Å²) < 4.78 is 4.22. The molecule has 2 unspecified atom stereocenters. The summed E-state index contributed by atoms with van der Waals surface area (Å²) in [6.07, 6.45) is 4.90. The Morgan fingerprint density at radius 2 is 1.90 bits per heavy atom. The van der Waals surface area contributed by atoms with E-state index in [2.05, 4.69) is 56.4 Å². The third-order valence-corrected chi connectivity index (χ3v) is 4.44. The number of hydrogen-bond acceptors (Lipinski definition) is 4. The minimum atomic E-state index is 0.0719. The van der Waals surface area contributed by atoms with Gasteiger partial charge in [0.2, 0.25) is 0 Å². The van der Waals surface area contributed by atoms with Crippen molar-refractivity contribution in [3.05, 3.63) is 10.6 Å². The van der Waals surface area contributed by atoms with Gasteiger partial charge in [-0.2, -0.15) is 0 Å². The Kier molecular flexibility index (Phi) is 7.10. The molecule has 0 saturated carbocycles. The zero-order valence-corrected chi connectivity index (χ0v) is 14.8. The molecule has 1 N–H and O–H groups in total. The van der Waals surface area contributed by atoms with Gasteiger partial charge in [0.05, 0.1) is 10.6 Å². The van der Waals surface area contributed by atoms with Gasteiger partial charge in [0, 0.05) is 11.5 Å². The summed E-state index contributed by atoms with van der Waals surface area (Å²) in [5.74, 6) is 0.740. The minimum absolute atomic E-state index is 0.0719. The molecule has 4 heteroatoms. The van der Waals surface area contributed by atoms with Crippen LogP contribution >= 0.6 is 11.5 Å². The summed E-state index contributed by atoms with van der Waals surface area (Å²) in [4.78, 5) is 1.34. The summed E-state index contributed by atoms with van der Waals surface area (Å²) in [7, 11) is 0. The summed E-state index contributed by atoms with van der Waals surface area (Å²) in [5.41, 5.74) is 1.24. The van der Waals surface area contributed by atoms with Crippen molar-refractivity contribution in [3.63, 3.8) is 0 Å². The van der Waals surface area contributed by atoms with Crippen LogP contribution in [-0.4, -0.2) is 16.1 Å². The third-order valence-electron chi connectivity index (χ3n) is 3.60. The molecule has 0 aromatic carbocycles. The van der Waals surface area contributed by atoms with Gasteiger partial charge < -0.3 is 5.32 Å². The van der Waals surface area contributed by atoms with Crippen LogP contribution in [0.15, 0.2) is 0 Å². The molecule has 0 amide bonds. The molecular weight excluding hydrogens is 266 g/mol. The molecule has 1 rings (SSSR count). The van der Waals surface area contributed by atoms with Crippen molar-refractivity contribution >= 4 is 11.5 Å². The first kappa shape index (κ1) is 17.6. The van der Waals surface area contributed by atoms with Crippen LogP contribution in [0.25, 0.3) is 0 Å². The fourth-order valence-electron chi connectivity index (χ4n) is 2.56. The highest BCUT2D eigenvalue weighted by molar-refractivity contribution is 7.05. The van der Waals surface area contributed by atoms with Crippen molar-refractivity contribution in [2.75, 3.05) is 6.54 Å². The number of nitrogens with one attached hydrogen (secondary N) is 1. The standard InChI is InChI=1S/C16H31N3S/c1-7-9-12(3)11-13(17-10-8-2)14-15(16(4,5)6)18-19-20-14/h12-13,17H,7-11H2,1-6H3. The molecular formula is C16H31N3S. The number of aromatic nitrogens is 2. The topological polar surface area (TPSA) is 37.8 Å². The van der Waals surface area contributed by atoms with Crippen molar-refractivity contribution in [1.82, 2.24) is 14.9 Å². The smallest absolute Gasteiger partial charge is 0.0857 e. The minimum Gasteiger partial charge on any atom is -0.309 e. The van der Waals surface area contributed by atoms with E-state index in [1.165, 1.54) is 29.8 Å². The van der Waals surface area contributed by atoms with E-state index in [1.807, 2.05) is 0 Å². The summed E-state index contributed by atoms with van der Waals surface area (Å²) >= 11 is 1.57. The van der Waals surface area contributed by atoms with E-state index in [4.69, 9.17) is 0 Å². The van der Waals surface area contributed by atoms with Crippen molar-refractivity contribution in [3.8, 4) is 0 Å². The van der Waals surface area contributed by atoms with Crippen molar-refractivity contribution in [2.24, 2.45) is 5.92 Å². The average Bonchev–Trinajstić information content (AvgIpc) is 2.83. The first-order valence-electron chi connectivity index (χ1n) is 7.96. The first-order valence-corrected chi connectivity index (χ1v) is 8.73. The summed E-state index contributed by atoms with van der Waals surface area (Å²) in [6, 6.07) is 0.408. The van der Waals surface area contributed by atoms with Crippen LogP contribution in [0.4, 0.5) is 0 Å². The second-order valence-corrected chi connectivity index (χ2v) is 7.66. The summed E-state index contributed by atoms with van der Waals surface area (Å²) in [6.45, 7) is 14.6. The molecule has 2 atom stereocenters. The van der Waals surface area contributed by atoms with Gasteiger partial charge in [-0.3, -0.25) is 0 Å². The highest BCUT2D eigenvalue weighted by Crippen LogP contribution is 2.33. The van der Waals surface area contributed by atoms with E-state index in [0.29, 0.717) is 6.04 Å². The Hall–Kier alpha value is -0.480. The molecule has 0 radical (unpaired) electrons. The van der Waals surface area contributed by atoms with Gasteiger partial charge in [0.1, 0.15) is 0 Å². The lowest BCUT2D eigenvalue weighted by atomic mass is 9.87. The van der Waals surface area contributed by atoms with Crippen LogP contribution in [0, 0.1) is 5.92 Å². The maximum Gasteiger partial charge on any atom is 0.0857 e. The molecule has 0 saturated heterocycles. The van der Waals surface area contributed by atoms with E-state index in [-0.39, 0.29) is 5.41 Å². The van der Waals surface area contributed by atoms with Gasteiger partial charge >= 0.3 is 0 Å². The molecule has 0 aliphatic heterocycles. The van der Waals surface area contributed by atoms with Crippen LogP contribution in [0.2, 0.25) is 0 Å². The van der Waals surface area contributed by atoms with Gasteiger partial charge in [-0.1, -0.05) is 58.9 Å². The van der Waals surface area contributed by atoms with Gasteiger partial charge in [0.15, 0.2) is 0 Å². The van der Waals surface area contributed by atoms with Crippen molar-refractivity contribution in [1.29, 1.82) is 0 Å². The van der Waals surface area contributed by atoms with Gasteiger partial charge in [0.25, 0.3) is 0 Å². The maximum absolute atomic E-state index is 4.40. The lowest BCUT2D eigenvalue weighted by Gasteiger charge is -2.25. The maximum atomic E-state index is 4.40. The number of nitrogens with zero attached hydrogens (tertiary/aromatic N) is 2. The van der Waals surface area contributed by atoms with E-state index in [1.54, 1.807) is 11.5 Å². The Morgan fingerprint density at radius 3 is 2.45 bits per heavy atom. The highest BCUT2D eigenvalue weighted by Gasteiger charge is 2.27. The quantitative estimate of drug-likeness (QED) is 0.755. The summed E-state index contributed by atoms with van der Waals surface area (Å²) in [5, 5.41) is 8.10. The Morgan fingerprint density at radius 1 is 1.20 bits per heavy atom. The molecule has 1 heterocycles. The second kappa shape index (κ2) is 8.08. The largest absolute Gasteiger partial charge is 0.309 e. The molecule has 20 heavy (non-hydrogen) atoms. The molecule has 0 fully saturated rings. The van der Waals surface area contributed by atoms with Crippen molar-refractivity contribution in [2.45, 2.75) is 78.7 Å². The molecule has 3 nitrogen and oxygen atoms in total. The fourth-order valence-corrected chi connectivity index (χ4v) is 3.51. The second-order valence-electron chi connectivity index (χ2n) is 6.87. The fraction of sp³-hybridized carbons (Fsp3) is 0.875. The van der Waals surface area contributed by atoms with E-state index in [9.17, 15) is 0 Å². The SMILES string of the molecule is CCCNC(CC(C)CCC)c1snnc1C(C)(C)C. The Bertz CT molecular complexity index is 381. The van der Waals surface area contributed by atoms with Gasteiger partial charge in [-0.25, -0.2) is 0 Å². The lowest BCUT2D eigenvalue weighted by Crippen LogP contribution is -2.26. The predicted octanol–water partition coefficient (Wildman–Crippen LogP) is 4.70. The van der Waals surface area contributed by atoms with E-state index < -0.39 is 0 Å². The zero-order chi connectivity index (χ0) is 15.2. The normalized spacial score (nSPS) is 15.3. The number of hydrogen-bond donors (Lipinski definition) is 1. The predicted molar refractivity (Wildman–Crippen MR) is 88.3 cm³/mol. The first-order chi connectivity index (χ1) is 9.40. The van der Waals surface area contributed by atoms with Crippen LogP contribution in [-0.2, 0) is 5.41 Å². The zero-order valence-electron chi connectivity index (χ0n) is 14.0. The molecule has 1 aromatic rings. The van der Waals surface area contributed by atoms with Crippen LogP contribution in [0.1, 0.15) is 83.8 Å². The molecule has 116 valence electrons. The highest BCUT2D eigenvalue weighted by atomic mass is 32.1. The molecule has 0 aliphatic carbocycles. The monoisotopic (exact) mass is 297 g/mol. The Labute approximate surface area is 128 Å². The number of rotatable bonds is 8. The van der Waals surface area contributed by atoms with Crippen LogP contribution < -0.4 is 5.32 Å². The van der Waals surface area contributed by atoms with Gasteiger partial charge in [-0.15, -0.1) is 5.10 Å². The average molecular weight is 298 g/mol. The molecule has 0 spiro atoms. The molecule has 0 aliphatic rings. The Balaban J connectivity index is 2.90. The molecule has 1 aromatic heterocycles. The third kappa shape index (κ3) is 5.13. The van der Waals surface area contributed by atoms with Crippen molar-refractivity contribution < 1.29 is 0 Å². The molecule has 0 bridgehead atoms.